The summed E-state index contributed by atoms with van der Waals surface area (Å²) in [6.45, 7) is 6.91. The van der Waals surface area contributed by atoms with Crippen molar-refractivity contribution in [1.29, 1.82) is 0 Å². The van der Waals surface area contributed by atoms with E-state index in [2.05, 4.69) is 0 Å². The topological polar surface area (TPSA) is 72.9 Å². The molecule has 4 rings (SSSR count). The molecule has 0 unspecified atom stereocenters. The molecule has 1 saturated heterocycles. The molecular weight excluding hydrogens is 418 g/mol. The quantitative estimate of drug-likeness (QED) is 0.624. The molecule has 0 radical (unpaired) electrons. The molecule has 0 atom stereocenters. The van der Waals surface area contributed by atoms with E-state index in [0.717, 1.165) is 16.7 Å². The molecule has 0 aromatic heterocycles. The van der Waals surface area contributed by atoms with E-state index in [0.29, 0.717) is 55.0 Å². The largest absolute Gasteiger partial charge is 0.496 e. The van der Waals surface area contributed by atoms with Crippen LogP contribution in [0, 0.1) is 20.8 Å². The van der Waals surface area contributed by atoms with Gasteiger partial charge in [0, 0.05) is 38.8 Å². The van der Waals surface area contributed by atoms with Crippen LogP contribution in [0.3, 0.4) is 0 Å². The maximum atomic E-state index is 12.9. The van der Waals surface area contributed by atoms with Crippen LogP contribution in [0.25, 0.3) is 0 Å². The van der Waals surface area contributed by atoms with Crippen LogP contribution < -0.4 is 9.47 Å². The molecule has 0 bridgehead atoms. The number of hydrogen-bond donors (Lipinski definition) is 0. The molecule has 2 aliphatic heterocycles. The molecule has 6 nitrogen and oxygen atoms in total. The average molecular weight is 450 g/mol. The Labute approximate surface area is 194 Å². The fraction of sp³-hybridized carbons (Fsp3) is 0.444. The Kier molecular flexibility index (Phi) is 6.28. The summed E-state index contributed by atoms with van der Waals surface area (Å²) in [5, 5.41) is 0. The van der Waals surface area contributed by atoms with Crippen molar-refractivity contribution < 1.29 is 23.9 Å². The van der Waals surface area contributed by atoms with Crippen LogP contribution in [0.1, 0.15) is 69.5 Å². The van der Waals surface area contributed by atoms with Crippen molar-refractivity contribution in [2.24, 2.45) is 0 Å². The number of piperidine rings is 1. The Hall–Kier alpha value is -3.15. The van der Waals surface area contributed by atoms with Gasteiger partial charge in [-0.15, -0.1) is 0 Å². The van der Waals surface area contributed by atoms with Gasteiger partial charge >= 0.3 is 0 Å². The fourth-order valence-electron chi connectivity index (χ4n) is 5.01. The van der Waals surface area contributed by atoms with E-state index in [9.17, 15) is 14.4 Å². The summed E-state index contributed by atoms with van der Waals surface area (Å²) < 4.78 is 11.7. The molecule has 33 heavy (non-hydrogen) atoms. The van der Waals surface area contributed by atoms with Gasteiger partial charge in [0.05, 0.1) is 24.7 Å². The molecule has 2 aliphatic rings. The van der Waals surface area contributed by atoms with Gasteiger partial charge in [-0.3, -0.25) is 14.4 Å². The minimum Gasteiger partial charge on any atom is -0.496 e. The number of benzene rings is 2. The van der Waals surface area contributed by atoms with Gasteiger partial charge in [0.15, 0.2) is 11.6 Å². The first kappa shape index (κ1) is 23.0. The van der Waals surface area contributed by atoms with Gasteiger partial charge in [0.25, 0.3) is 0 Å². The molecule has 2 aromatic carbocycles. The maximum Gasteiger partial charge on any atom is 0.223 e. The lowest BCUT2D eigenvalue weighted by Gasteiger charge is -2.44. The molecule has 1 spiro atoms. The lowest BCUT2D eigenvalue weighted by Crippen LogP contribution is -2.52. The highest BCUT2D eigenvalue weighted by Crippen LogP contribution is 2.41. The highest BCUT2D eigenvalue weighted by atomic mass is 16.5. The number of ether oxygens (including phenoxy) is 2. The van der Waals surface area contributed by atoms with Crippen LogP contribution in [0.5, 0.6) is 11.5 Å². The van der Waals surface area contributed by atoms with E-state index in [1.807, 2.05) is 39.0 Å². The summed E-state index contributed by atoms with van der Waals surface area (Å²) in [5.74, 6) is 1.18. The van der Waals surface area contributed by atoms with Crippen molar-refractivity contribution in [3.63, 3.8) is 0 Å². The minimum absolute atomic E-state index is 0.0426. The zero-order chi connectivity index (χ0) is 23.8. The first-order chi connectivity index (χ1) is 15.7. The third kappa shape index (κ3) is 4.65. The number of Topliss-reactive ketones (excluding diaryl/α,β-unsaturated/α-hetero) is 2. The summed E-state index contributed by atoms with van der Waals surface area (Å²) in [7, 11) is 1.54. The summed E-state index contributed by atoms with van der Waals surface area (Å²) in [4.78, 5) is 40.2. The molecule has 0 aliphatic carbocycles. The van der Waals surface area contributed by atoms with Crippen LogP contribution in [0.15, 0.2) is 30.3 Å². The number of ketones is 2. The molecule has 1 fully saturated rings. The second-order valence-electron chi connectivity index (χ2n) is 9.35. The Morgan fingerprint density at radius 2 is 1.76 bits per heavy atom. The number of carbonyl (C=O) groups excluding carboxylic acids is 3. The molecule has 0 N–H and O–H groups in total. The first-order valence-corrected chi connectivity index (χ1v) is 11.5. The van der Waals surface area contributed by atoms with Crippen LogP contribution in [-0.2, 0) is 4.79 Å². The zero-order valence-electron chi connectivity index (χ0n) is 19.8. The lowest BCUT2D eigenvalue weighted by atomic mass is 9.81. The molecule has 0 saturated carbocycles. The van der Waals surface area contributed by atoms with Crippen molar-refractivity contribution in [2.75, 3.05) is 20.2 Å². The number of likely N-dealkylation sites (tertiary alicyclic amines) is 1. The lowest BCUT2D eigenvalue weighted by molar-refractivity contribution is -0.134. The maximum absolute atomic E-state index is 12.9. The summed E-state index contributed by atoms with van der Waals surface area (Å²) in [6.07, 6.45) is 1.86. The van der Waals surface area contributed by atoms with E-state index >= 15 is 0 Å². The van der Waals surface area contributed by atoms with Crippen LogP contribution in [-0.4, -0.2) is 48.2 Å². The highest BCUT2D eigenvalue weighted by Gasteiger charge is 2.44. The van der Waals surface area contributed by atoms with Crippen molar-refractivity contribution in [3.8, 4) is 11.5 Å². The Bertz CT molecular complexity index is 1110. The smallest absolute Gasteiger partial charge is 0.223 e. The number of fused-ring (bicyclic) bond motifs is 1. The Morgan fingerprint density at radius 1 is 1.03 bits per heavy atom. The van der Waals surface area contributed by atoms with Gasteiger partial charge < -0.3 is 14.4 Å². The van der Waals surface area contributed by atoms with Crippen LogP contribution >= 0.6 is 0 Å². The molecular formula is C27H31NO5. The van der Waals surface area contributed by atoms with E-state index in [-0.39, 0.29) is 30.3 Å². The average Bonchev–Trinajstić information content (AvgIpc) is 2.76. The predicted octanol–water partition coefficient (Wildman–Crippen LogP) is 4.61. The number of aryl methyl sites for hydroxylation is 3. The highest BCUT2D eigenvalue weighted by molar-refractivity contribution is 6.02. The molecule has 1 amide bonds. The molecule has 2 heterocycles. The van der Waals surface area contributed by atoms with Crippen molar-refractivity contribution in [1.82, 2.24) is 4.90 Å². The van der Waals surface area contributed by atoms with Crippen LogP contribution in [0.2, 0.25) is 0 Å². The fourth-order valence-corrected chi connectivity index (χ4v) is 5.01. The van der Waals surface area contributed by atoms with E-state index in [1.165, 1.54) is 7.11 Å². The summed E-state index contributed by atoms with van der Waals surface area (Å²) in [6, 6.07) is 9.41. The Balaban J connectivity index is 1.36. The van der Waals surface area contributed by atoms with Gasteiger partial charge in [-0.05, 0) is 50.1 Å². The van der Waals surface area contributed by atoms with Gasteiger partial charge in [-0.2, -0.15) is 0 Å². The zero-order valence-corrected chi connectivity index (χ0v) is 19.8. The molecule has 2 aromatic rings. The number of hydrogen-bond acceptors (Lipinski definition) is 5. The van der Waals surface area contributed by atoms with E-state index < -0.39 is 5.60 Å². The van der Waals surface area contributed by atoms with Gasteiger partial charge in [0.2, 0.25) is 5.91 Å². The number of rotatable bonds is 5. The Morgan fingerprint density at radius 3 is 2.45 bits per heavy atom. The second kappa shape index (κ2) is 9.00. The minimum atomic E-state index is -0.550. The predicted molar refractivity (Wildman–Crippen MR) is 125 cm³/mol. The normalized spacial score (nSPS) is 16.8. The number of carbonyl (C=O) groups is 3. The van der Waals surface area contributed by atoms with Crippen LogP contribution in [0.4, 0.5) is 0 Å². The standard InChI is InChI=1S/C27H31NO5/c1-17-5-7-23(32-4)20(14-17)21(29)6-8-25(31)28-11-9-27(10-12-28)16-22(30)26-19(3)13-18(2)15-24(26)33-27/h5,7,13-15H,6,8-12,16H2,1-4H3. The number of methoxy groups -OCH3 is 1. The van der Waals surface area contributed by atoms with Crippen molar-refractivity contribution in [2.45, 2.75) is 58.5 Å². The van der Waals surface area contributed by atoms with Crippen molar-refractivity contribution >= 4 is 17.5 Å². The number of amides is 1. The first-order valence-electron chi connectivity index (χ1n) is 11.5. The third-order valence-corrected chi connectivity index (χ3v) is 6.78. The van der Waals surface area contributed by atoms with E-state index in [1.54, 1.807) is 17.0 Å². The molecule has 6 heteroatoms. The SMILES string of the molecule is COc1ccc(C)cc1C(=O)CCC(=O)N1CCC2(CC1)CC(=O)c1c(C)cc(C)cc1O2. The van der Waals surface area contributed by atoms with Gasteiger partial charge in [0.1, 0.15) is 17.1 Å². The summed E-state index contributed by atoms with van der Waals surface area (Å²) >= 11 is 0. The third-order valence-electron chi connectivity index (χ3n) is 6.78. The van der Waals surface area contributed by atoms with E-state index in [4.69, 9.17) is 9.47 Å². The second-order valence-corrected chi connectivity index (χ2v) is 9.35. The van der Waals surface area contributed by atoms with Gasteiger partial charge in [-0.1, -0.05) is 17.7 Å². The summed E-state index contributed by atoms with van der Waals surface area (Å²) in [5.41, 5.74) is 3.65. The monoisotopic (exact) mass is 449 g/mol. The van der Waals surface area contributed by atoms with Crippen molar-refractivity contribution in [3.05, 3.63) is 58.1 Å². The van der Waals surface area contributed by atoms with Gasteiger partial charge in [-0.25, -0.2) is 0 Å². The molecule has 174 valence electrons. The number of nitrogens with zero attached hydrogens (tertiary/aromatic N) is 1.